The Balaban J connectivity index is 1.85. The van der Waals surface area contributed by atoms with Crippen LogP contribution in [0.2, 0.25) is 0 Å². The van der Waals surface area contributed by atoms with Crippen LogP contribution in [0, 0.1) is 29.6 Å². The first-order valence-corrected chi connectivity index (χ1v) is 9.30. The predicted octanol–water partition coefficient (Wildman–Crippen LogP) is 4.69. The molecule has 6 heteroatoms. The van der Waals surface area contributed by atoms with Crippen molar-refractivity contribution in [3.05, 3.63) is 78.1 Å². The number of aromatic nitrogens is 3. The SMILES string of the molecule is Cc1cc(O)cc(-c2c(-c3ccnc(-c4ccc(C#N)cc4)c3)cnn2CC#N)c1. The first-order chi connectivity index (χ1) is 14.6. The molecule has 30 heavy (non-hydrogen) atoms. The van der Waals surface area contributed by atoms with E-state index >= 15 is 0 Å². The molecule has 0 aliphatic rings. The minimum atomic E-state index is 0.0948. The number of phenolic OH excluding ortho intramolecular Hbond substituents is 1. The van der Waals surface area contributed by atoms with Crippen molar-refractivity contribution >= 4 is 0 Å². The summed E-state index contributed by atoms with van der Waals surface area (Å²) < 4.78 is 1.63. The molecule has 4 rings (SSSR count). The predicted molar refractivity (Wildman–Crippen MR) is 113 cm³/mol. The van der Waals surface area contributed by atoms with E-state index in [1.165, 1.54) is 0 Å². The molecule has 0 atom stereocenters. The third-order valence-corrected chi connectivity index (χ3v) is 4.78. The molecule has 144 valence electrons. The Hall–Kier alpha value is -4.42. The van der Waals surface area contributed by atoms with Crippen LogP contribution >= 0.6 is 0 Å². The van der Waals surface area contributed by atoms with Crippen molar-refractivity contribution in [3.63, 3.8) is 0 Å². The van der Waals surface area contributed by atoms with E-state index in [0.717, 1.165) is 39.2 Å². The van der Waals surface area contributed by atoms with E-state index < -0.39 is 0 Å². The maximum Gasteiger partial charge on any atom is 0.128 e. The second-order valence-corrected chi connectivity index (χ2v) is 6.90. The van der Waals surface area contributed by atoms with E-state index in [2.05, 4.69) is 22.2 Å². The van der Waals surface area contributed by atoms with E-state index in [0.29, 0.717) is 5.56 Å². The van der Waals surface area contributed by atoms with Gasteiger partial charge in [-0.25, -0.2) is 0 Å². The zero-order valence-electron chi connectivity index (χ0n) is 16.2. The lowest BCUT2D eigenvalue weighted by Crippen LogP contribution is -2.01. The summed E-state index contributed by atoms with van der Waals surface area (Å²) in [5.41, 5.74) is 6.44. The molecule has 0 bridgehead atoms. The second kappa shape index (κ2) is 7.90. The summed E-state index contributed by atoms with van der Waals surface area (Å²) in [6.45, 7) is 2.00. The van der Waals surface area contributed by atoms with Crippen LogP contribution in [0.5, 0.6) is 5.75 Å². The van der Waals surface area contributed by atoms with E-state index in [1.807, 2.05) is 37.3 Å². The number of aromatic hydroxyl groups is 1. The van der Waals surface area contributed by atoms with Crippen molar-refractivity contribution in [2.45, 2.75) is 13.5 Å². The third kappa shape index (κ3) is 3.63. The summed E-state index contributed by atoms with van der Waals surface area (Å²) in [6, 6.07) is 20.6. The first-order valence-electron chi connectivity index (χ1n) is 9.30. The highest BCUT2D eigenvalue weighted by Crippen LogP contribution is 2.35. The molecular weight excluding hydrogens is 374 g/mol. The summed E-state index contributed by atoms with van der Waals surface area (Å²) in [6.07, 6.45) is 3.45. The molecule has 1 N–H and O–H groups in total. The molecule has 6 nitrogen and oxygen atoms in total. The average Bonchev–Trinajstić information content (AvgIpc) is 3.17. The van der Waals surface area contributed by atoms with Gasteiger partial charge in [0.2, 0.25) is 0 Å². The summed E-state index contributed by atoms with van der Waals surface area (Å²) in [7, 11) is 0. The number of benzene rings is 2. The van der Waals surface area contributed by atoms with Crippen molar-refractivity contribution in [3.8, 4) is 51.5 Å². The van der Waals surface area contributed by atoms with Crippen molar-refractivity contribution in [2.75, 3.05) is 0 Å². The number of rotatable bonds is 4. The molecule has 0 aliphatic heterocycles. The zero-order valence-corrected chi connectivity index (χ0v) is 16.2. The van der Waals surface area contributed by atoms with E-state index in [1.54, 1.807) is 41.3 Å². The molecule has 0 amide bonds. The highest BCUT2D eigenvalue weighted by atomic mass is 16.3. The van der Waals surface area contributed by atoms with Crippen molar-refractivity contribution in [1.82, 2.24) is 14.8 Å². The van der Waals surface area contributed by atoms with E-state index in [4.69, 9.17) is 5.26 Å². The quantitative estimate of drug-likeness (QED) is 0.544. The molecule has 2 aromatic carbocycles. The number of nitriles is 2. The Morgan fingerprint density at radius 1 is 0.967 bits per heavy atom. The van der Waals surface area contributed by atoms with Gasteiger partial charge in [0.05, 0.1) is 35.3 Å². The van der Waals surface area contributed by atoms with Gasteiger partial charge >= 0.3 is 0 Å². The molecule has 0 spiro atoms. The highest BCUT2D eigenvalue weighted by Gasteiger charge is 2.16. The van der Waals surface area contributed by atoms with E-state index in [-0.39, 0.29) is 12.3 Å². The number of nitrogens with zero attached hydrogens (tertiary/aromatic N) is 5. The molecule has 0 radical (unpaired) electrons. The van der Waals surface area contributed by atoms with Gasteiger partial charge in [-0.2, -0.15) is 15.6 Å². The van der Waals surface area contributed by atoms with Gasteiger partial charge in [0, 0.05) is 22.9 Å². The van der Waals surface area contributed by atoms with Crippen LogP contribution in [0.25, 0.3) is 33.6 Å². The maximum absolute atomic E-state index is 10.1. The second-order valence-electron chi connectivity index (χ2n) is 6.90. The van der Waals surface area contributed by atoms with Crippen LogP contribution in [-0.2, 0) is 6.54 Å². The van der Waals surface area contributed by atoms with Crippen LogP contribution in [0.3, 0.4) is 0 Å². The smallest absolute Gasteiger partial charge is 0.128 e. The number of pyridine rings is 1. The molecule has 0 aliphatic carbocycles. The Morgan fingerprint density at radius 2 is 1.77 bits per heavy atom. The fourth-order valence-electron chi connectivity index (χ4n) is 3.46. The van der Waals surface area contributed by atoms with Crippen LogP contribution in [0.15, 0.2) is 67.0 Å². The number of phenols is 1. The minimum absolute atomic E-state index is 0.0948. The van der Waals surface area contributed by atoms with Gasteiger partial charge in [-0.05, 0) is 60.5 Å². The van der Waals surface area contributed by atoms with Gasteiger partial charge in [-0.15, -0.1) is 0 Å². The van der Waals surface area contributed by atoms with Gasteiger partial charge in [0.15, 0.2) is 0 Å². The normalized spacial score (nSPS) is 10.4. The average molecular weight is 391 g/mol. The Kier molecular flexibility index (Phi) is 4.99. The Morgan fingerprint density at radius 3 is 2.47 bits per heavy atom. The molecule has 0 saturated carbocycles. The molecule has 0 saturated heterocycles. The first kappa shape index (κ1) is 18.9. The summed E-state index contributed by atoms with van der Waals surface area (Å²) >= 11 is 0. The van der Waals surface area contributed by atoms with Crippen LogP contribution in [-0.4, -0.2) is 19.9 Å². The van der Waals surface area contributed by atoms with Crippen LogP contribution < -0.4 is 0 Å². The van der Waals surface area contributed by atoms with Gasteiger partial charge < -0.3 is 5.11 Å². The van der Waals surface area contributed by atoms with Crippen LogP contribution in [0.4, 0.5) is 0 Å². The fourth-order valence-corrected chi connectivity index (χ4v) is 3.46. The lowest BCUT2D eigenvalue weighted by molar-refractivity contribution is 0.475. The molecule has 0 fully saturated rings. The minimum Gasteiger partial charge on any atom is -0.508 e. The summed E-state index contributed by atoms with van der Waals surface area (Å²) in [4.78, 5) is 4.46. The Labute approximate surface area is 173 Å². The van der Waals surface area contributed by atoms with Gasteiger partial charge in [-0.3, -0.25) is 9.67 Å². The van der Waals surface area contributed by atoms with Crippen LogP contribution in [0.1, 0.15) is 11.1 Å². The van der Waals surface area contributed by atoms with Crippen molar-refractivity contribution < 1.29 is 5.11 Å². The topological polar surface area (TPSA) is 98.5 Å². The summed E-state index contributed by atoms with van der Waals surface area (Å²) in [5, 5.41) is 32.7. The maximum atomic E-state index is 10.1. The Bertz CT molecular complexity index is 1290. The largest absolute Gasteiger partial charge is 0.508 e. The molecule has 4 aromatic rings. The highest BCUT2D eigenvalue weighted by molar-refractivity contribution is 5.83. The van der Waals surface area contributed by atoms with Gasteiger partial charge in [0.25, 0.3) is 0 Å². The number of aryl methyl sites for hydroxylation is 1. The summed E-state index contributed by atoms with van der Waals surface area (Å²) in [5.74, 6) is 0.161. The van der Waals surface area contributed by atoms with Gasteiger partial charge in [-0.1, -0.05) is 12.1 Å². The number of hydrogen-bond acceptors (Lipinski definition) is 5. The monoisotopic (exact) mass is 391 g/mol. The molecular formula is C24H17N5O. The van der Waals surface area contributed by atoms with Gasteiger partial charge in [0.1, 0.15) is 12.3 Å². The molecule has 2 aromatic heterocycles. The lowest BCUT2D eigenvalue weighted by atomic mass is 9.99. The fraction of sp³-hybridized carbons (Fsp3) is 0.0833. The van der Waals surface area contributed by atoms with Crippen molar-refractivity contribution in [1.29, 1.82) is 10.5 Å². The zero-order chi connectivity index (χ0) is 21.1. The molecule has 0 unspecified atom stereocenters. The number of hydrogen-bond donors (Lipinski definition) is 1. The standard InChI is InChI=1S/C24H17N5O/c1-16-10-20(12-21(30)11-16)24-22(15-28-29(24)9-7-25)19-6-8-27-23(13-19)18-4-2-17(14-26)3-5-18/h2-6,8,10-13,15,30H,9H2,1H3. The molecule has 2 heterocycles. The van der Waals surface area contributed by atoms with E-state index in [9.17, 15) is 10.4 Å². The van der Waals surface area contributed by atoms with Crippen molar-refractivity contribution in [2.24, 2.45) is 0 Å². The lowest BCUT2D eigenvalue weighted by Gasteiger charge is -2.10. The third-order valence-electron chi connectivity index (χ3n) is 4.78.